The molecule has 0 amide bonds. The van der Waals surface area contributed by atoms with Crippen molar-refractivity contribution >= 4 is 11.8 Å². The molecular weight excluding hydrogens is 218 g/mol. The number of aliphatic carboxylic acids is 1. The molecule has 17 heavy (non-hydrogen) atoms. The molecule has 1 heterocycles. The first-order chi connectivity index (χ1) is 8.06. The second-order valence-electron chi connectivity index (χ2n) is 4.85. The molecular formula is C12H17N3O2. The maximum Gasteiger partial charge on any atom is 0.306 e. The molecule has 2 N–H and O–H groups in total. The van der Waals surface area contributed by atoms with Gasteiger partial charge in [-0.25, -0.2) is 0 Å². The third-order valence-corrected chi connectivity index (χ3v) is 3.12. The number of nitrogens with zero attached hydrogens (tertiary/aromatic N) is 2. The molecule has 1 fully saturated rings. The lowest BCUT2D eigenvalue weighted by Gasteiger charge is -2.33. The van der Waals surface area contributed by atoms with Crippen LogP contribution in [0.5, 0.6) is 0 Å². The number of carbonyl (C=O) groups is 1. The van der Waals surface area contributed by atoms with Gasteiger partial charge in [-0.15, -0.1) is 5.10 Å². The number of anilines is 1. The third kappa shape index (κ3) is 2.72. The first-order valence-electron chi connectivity index (χ1n) is 5.89. The molecule has 1 aromatic rings. The summed E-state index contributed by atoms with van der Waals surface area (Å²) < 4.78 is 0. The Kier molecular flexibility index (Phi) is 3.26. The van der Waals surface area contributed by atoms with Crippen molar-refractivity contribution < 1.29 is 9.90 Å². The van der Waals surface area contributed by atoms with Crippen molar-refractivity contribution in [2.75, 3.05) is 5.32 Å². The Labute approximate surface area is 100 Å². The van der Waals surface area contributed by atoms with E-state index in [9.17, 15) is 4.79 Å². The fraction of sp³-hybridized carbons (Fsp3) is 0.583. The molecule has 0 spiro atoms. The molecule has 0 unspecified atom stereocenters. The molecule has 2 rings (SSSR count). The van der Waals surface area contributed by atoms with E-state index in [1.165, 1.54) is 0 Å². The maximum absolute atomic E-state index is 10.6. The number of carboxylic acids is 1. The van der Waals surface area contributed by atoms with Crippen LogP contribution in [0.1, 0.15) is 38.3 Å². The number of rotatable bonds is 4. The summed E-state index contributed by atoms with van der Waals surface area (Å²) in [5, 5.41) is 20.1. The SMILES string of the molecule is CC(C)c1ccc(NC2CC(C(=O)O)C2)nn1. The van der Waals surface area contributed by atoms with Crippen molar-refractivity contribution in [1.29, 1.82) is 0 Å². The van der Waals surface area contributed by atoms with Crippen molar-refractivity contribution in [3.63, 3.8) is 0 Å². The molecule has 0 aliphatic heterocycles. The van der Waals surface area contributed by atoms with Gasteiger partial charge in [-0.3, -0.25) is 4.79 Å². The Morgan fingerprint density at radius 1 is 1.41 bits per heavy atom. The Morgan fingerprint density at radius 2 is 2.12 bits per heavy atom. The van der Waals surface area contributed by atoms with Gasteiger partial charge in [0.05, 0.1) is 11.6 Å². The average molecular weight is 235 g/mol. The van der Waals surface area contributed by atoms with E-state index in [2.05, 4.69) is 29.4 Å². The summed E-state index contributed by atoms with van der Waals surface area (Å²) in [7, 11) is 0. The predicted octanol–water partition coefficient (Wildman–Crippen LogP) is 1.88. The van der Waals surface area contributed by atoms with Crippen LogP contribution < -0.4 is 5.32 Å². The molecule has 1 saturated carbocycles. The van der Waals surface area contributed by atoms with Gasteiger partial charge in [-0.05, 0) is 30.9 Å². The van der Waals surface area contributed by atoms with E-state index < -0.39 is 5.97 Å². The minimum atomic E-state index is -0.704. The zero-order valence-corrected chi connectivity index (χ0v) is 10.1. The molecule has 0 atom stereocenters. The molecule has 0 saturated heterocycles. The highest BCUT2D eigenvalue weighted by Gasteiger charge is 2.34. The lowest BCUT2D eigenvalue weighted by Crippen LogP contribution is -2.39. The van der Waals surface area contributed by atoms with Crippen LogP contribution in [-0.2, 0) is 4.79 Å². The van der Waals surface area contributed by atoms with Crippen LogP contribution in [0.2, 0.25) is 0 Å². The van der Waals surface area contributed by atoms with Crippen LogP contribution in [0, 0.1) is 5.92 Å². The van der Waals surface area contributed by atoms with Crippen LogP contribution in [0.3, 0.4) is 0 Å². The Bertz CT molecular complexity index is 397. The number of nitrogens with one attached hydrogen (secondary N) is 1. The van der Waals surface area contributed by atoms with Crippen LogP contribution >= 0.6 is 0 Å². The Balaban J connectivity index is 1.86. The van der Waals surface area contributed by atoms with E-state index in [0.717, 1.165) is 11.5 Å². The summed E-state index contributed by atoms with van der Waals surface area (Å²) in [6, 6.07) is 4.07. The molecule has 5 nitrogen and oxygen atoms in total. The highest BCUT2D eigenvalue weighted by atomic mass is 16.4. The molecule has 0 bridgehead atoms. The lowest BCUT2D eigenvalue weighted by molar-refractivity contribution is -0.144. The van der Waals surface area contributed by atoms with Gasteiger partial charge >= 0.3 is 5.97 Å². The van der Waals surface area contributed by atoms with Gasteiger partial charge in [0.2, 0.25) is 0 Å². The first-order valence-corrected chi connectivity index (χ1v) is 5.89. The van der Waals surface area contributed by atoms with Gasteiger partial charge in [0.25, 0.3) is 0 Å². The quantitative estimate of drug-likeness (QED) is 0.833. The fourth-order valence-electron chi connectivity index (χ4n) is 1.87. The molecule has 0 aromatic carbocycles. The number of aromatic nitrogens is 2. The Morgan fingerprint density at radius 3 is 2.59 bits per heavy atom. The van der Waals surface area contributed by atoms with Crippen LogP contribution in [-0.4, -0.2) is 27.3 Å². The summed E-state index contributed by atoms with van der Waals surface area (Å²) in [5.74, 6) is 0.194. The number of carboxylic acid groups (broad SMARTS) is 1. The van der Waals surface area contributed by atoms with E-state index in [1.54, 1.807) is 0 Å². The largest absolute Gasteiger partial charge is 0.481 e. The van der Waals surface area contributed by atoms with Gasteiger partial charge in [-0.1, -0.05) is 13.8 Å². The summed E-state index contributed by atoms with van der Waals surface area (Å²) >= 11 is 0. The first kappa shape index (κ1) is 11.8. The molecule has 5 heteroatoms. The van der Waals surface area contributed by atoms with E-state index in [4.69, 9.17) is 5.11 Å². The minimum Gasteiger partial charge on any atom is -0.481 e. The van der Waals surface area contributed by atoms with Crippen LogP contribution in [0.4, 0.5) is 5.82 Å². The fourth-order valence-corrected chi connectivity index (χ4v) is 1.87. The van der Waals surface area contributed by atoms with Crippen molar-refractivity contribution in [2.24, 2.45) is 5.92 Å². The minimum absolute atomic E-state index is 0.199. The monoisotopic (exact) mass is 235 g/mol. The molecule has 0 radical (unpaired) electrons. The van der Waals surface area contributed by atoms with Gasteiger partial charge in [0.15, 0.2) is 0 Å². The van der Waals surface area contributed by atoms with E-state index in [1.807, 2.05) is 12.1 Å². The maximum atomic E-state index is 10.6. The van der Waals surface area contributed by atoms with E-state index in [0.29, 0.717) is 18.8 Å². The zero-order valence-electron chi connectivity index (χ0n) is 10.1. The average Bonchev–Trinajstić information content (AvgIpc) is 2.23. The number of hydrogen-bond donors (Lipinski definition) is 2. The third-order valence-electron chi connectivity index (χ3n) is 3.12. The van der Waals surface area contributed by atoms with Crippen molar-refractivity contribution in [1.82, 2.24) is 10.2 Å². The summed E-state index contributed by atoms with van der Waals surface area (Å²) in [6.07, 6.45) is 1.34. The highest BCUT2D eigenvalue weighted by molar-refractivity contribution is 5.71. The van der Waals surface area contributed by atoms with Crippen molar-refractivity contribution in [2.45, 2.75) is 38.6 Å². The Hall–Kier alpha value is -1.65. The molecule has 1 aromatic heterocycles. The van der Waals surface area contributed by atoms with E-state index in [-0.39, 0.29) is 12.0 Å². The van der Waals surface area contributed by atoms with Gasteiger partial charge in [-0.2, -0.15) is 5.10 Å². The van der Waals surface area contributed by atoms with Gasteiger partial charge in [0, 0.05) is 6.04 Å². The van der Waals surface area contributed by atoms with Crippen LogP contribution in [0.15, 0.2) is 12.1 Å². The highest BCUT2D eigenvalue weighted by Crippen LogP contribution is 2.29. The predicted molar refractivity (Wildman–Crippen MR) is 63.9 cm³/mol. The number of hydrogen-bond acceptors (Lipinski definition) is 4. The molecule has 92 valence electrons. The molecule has 1 aliphatic rings. The van der Waals surface area contributed by atoms with Gasteiger partial charge in [0.1, 0.15) is 5.82 Å². The normalized spacial score (nSPS) is 23.2. The summed E-state index contributed by atoms with van der Waals surface area (Å²) in [6.45, 7) is 4.14. The van der Waals surface area contributed by atoms with Crippen LogP contribution in [0.25, 0.3) is 0 Å². The summed E-state index contributed by atoms with van der Waals surface area (Å²) in [5.41, 5.74) is 0.965. The summed E-state index contributed by atoms with van der Waals surface area (Å²) in [4.78, 5) is 10.6. The van der Waals surface area contributed by atoms with Gasteiger partial charge < -0.3 is 10.4 Å². The topological polar surface area (TPSA) is 75.1 Å². The van der Waals surface area contributed by atoms with Crippen molar-refractivity contribution in [3.05, 3.63) is 17.8 Å². The van der Waals surface area contributed by atoms with Crippen molar-refractivity contribution in [3.8, 4) is 0 Å². The second kappa shape index (κ2) is 4.69. The zero-order chi connectivity index (χ0) is 12.4. The second-order valence-corrected chi connectivity index (χ2v) is 4.85. The molecule has 1 aliphatic carbocycles. The van der Waals surface area contributed by atoms with E-state index >= 15 is 0 Å². The smallest absolute Gasteiger partial charge is 0.306 e. The standard InChI is InChI=1S/C12H17N3O2/c1-7(2)10-3-4-11(15-14-10)13-9-5-8(6-9)12(16)17/h3-4,7-9H,5-6H2,1-2H3,(H,13,15)(H,16,17). The lowest BCUT2D eigenvalue weighted by atomic mass is 9.80.